The lowest BCUT2D eigenvalue weighted by Gasteiger charge is -2.07. The first-order valence-electron chi connectivity index (χ1n) is 6.06. The van der Waals surface area contributed by atoms with E-state index in [0.29, 0.717) is 5.82 Å². The molecule has 4 nitrogen and oxygen atoms in total. The summed E-state index contributed by atoms with van der Waals surface area (Å²) >= 11 is 0. The summed E-state index contributed by atoms with van der Waals surface area (Å²) in [5, 5.41) is 3.35. The SMILES string of the molecule is CCCc1nc(N)cc(NCC2CC2C)n1. The Kier molecular flexibility index (Phi) is 3.27. The van der Waals surface area contributed by atoms with E-state index in [0.717, 1.165) is 42.9 Å². The smallest absolute Gasteiger partial charge is 0.133 e. The third-order valence-electron chi connectivity index (χ3n) is 3.09. The minimum absolute atomic E-state index is 0.560. The molecule has 1 saturated carbocycles. The largest absolute Gasteiger partial charge is 0.384 e. The molecule has 0 radical (unpaired) electrons. The summed E-state index contributed by atoms with van der Waals surface area (Å²) in [4.78, 5) is 8.65. The van der Waals surface area contributed by atoms with Crippen LogP contribution in [-0.4, -0.2) is 16.5 Å². The van der Waals surface area contributed by atoms with Gasteiger partial charge in [0, 0.05) is 19.0 Å². The summed E-state index contributed by atoms with van der Waals surface area (Å²) < 4.78 is 0. The van der Waals surface area contributed by atoms with E-state index in [1.807, 2.05) is 6.07 Å². The third kappa shape index (κ3) is 2.84. The number of aromatic nitrogens is 2. The maximum Gasteiger partial charge on any atom is 0.133 e. The Hall–Kier alpha value is -1.32. The first kappa shape index (κ1) is 11.2. The molecule has 0 saturated heterocycles. The Balaban J connectivity index is 1.96. The molecule has 1 aliphatic rings. The van der Waals surface area contributed by atoms with Crippen molar-refractivity contribution in [3.8, 4) is 0 Å². The van der Waals surface area contributed by atoms with Crippen LogP contribution in [0.25, 0.3) is 0 Å². The van der Waals surface area contributed by atoms with Crippen LogP contribution in [-0.2, 0) is 6.42 Å². The molecule has 2 unspecified atom stereocenters. The van der Waals surface area contributed by atoms with Crippen LogP contribution >= 0.6 is 0 Å². The van der Waals surface area contributed by atoms with E-state index >= 15 is 0 Å². The number of hydrogen-bond donors (Lipinski definition) is 2. The Bertz CT molecular complexity index is 364. The lowest BCUT2D eigenvalue weighted by atomic mass is 10.3. The fourth-order valence-corrected chi connectivity index (χ4v) is 1.86. The maximum absolute atomic E-state index is 5.75. The van der Waals surface area contributed by atoms with Crippen molar-refractivity contribution in [3.05, 3.63) is 11.9 Å². The Morgan fingerprint density at radius 2 is 2.25 bits per heavy atom. The molecular formula is C12H20N4. The van der Waals surface area contributed by atoms with Crippen molar-refractivity contribution in [2.75, 3.05) is 17.6 Å². The number of nitrogens with two attached hydrogens (primary N) is 1. The predicted octanol–water partition coefficient (Wildman–Crippen LogP) is 2.08. The van der Waals surface area contributed by atoms with Crippen molar-refractivity contribution >= 4 is 11.6 Å². The Labute approximate surface area is 96.7 Å². The average Bonchev–Trinajstić information content (AvgIpc) is 2.91. The van der Waals surface area contributed by atoms with Gasteiger partial charge in [0.2, 0.25) is 0 Å². The monoisotopic (exact) mass is 220 g/mol. The second kappa shape index (κ2) is 4.68. The number of aryl methyl sites for hydroxylation is 1. The molecule has 0 bridgehead atoms. The number of nitrogens with one attached hydrogen (secondary N) is 1. The highest BCUT2D eigenvalue weighted by Gasteiger charge is 2.31. The summed E-state index contributed by atoms with van der Waals surface area (Å²) in [6.07, 6.45) is 3.26. The third-order valence-corrected chi connectivity index (χ3v) is 3.09. The summed E-state index contributed by atoms with van der Waals surface area (Å²) in [7, 11) is 0. The molecule has 0 amide bonds. The molecule has 1 fully saturated rings. The maximum atomic E-state index is 5.75. The van der Waals surface area contributed by atoms with Gasteiger partial charge in [0.15, 0.2) is 0 Å². The number of hydrogen-bond acceptors (Lipinski definition) is 4. The number of nitrogen functional groups attached to an aromatic ring is 1. The summed E-state index contributed by atoms with van der Waals surface area (Å²) in [6.45, 7) is 5.40. The zero-order chi connectivity index (χ0) is 11.5. The summed E-state index contributed by atoms with van der Waals surface area (Å²) in [5.74, 6) is 3.95. The van der Waals surface area contributed by atoms with Crippen LogP contribution in [0.15, 0.2) is 6.07 Å². The highest BCUT2D eigenvalue weighted by molar-refractivity contribution is 5.44. The average molecular weight is 220 g/mol. The van der Waals surface area contributed by atoms with Crippen LogP contribution in [0.4, 0.5) is 11.6 Å². The summed E-state index contributed by atoms with van der Waals surface area (Å²) in [5.41, 5.74) is 5.75. The highest BCUT2D eigenvalue weighted by Crippen LogP contribution is 2.37. The molecule has 16 heavy (non-hydrogen) atoms. The van der Waals surface area contributed by atoms with Gasteiger partial charge in [-0.3, -0.25) is 0 Å². The number of anilines is 2. The van der Waals surface area contributed by atoms with Crippen LogP contribution in [0.2, 0.25) is 0 Å². The van der Waals surface area contributed by atoms with Crippen molar-refractivity contribution < 1.29 is 0 Å². The fourth-order valence-electron chi connectivity index (χ4n) is 1.86. The van der Waals surface area contributed by atoms with Gasteiger partial charge in [-0.05, 0) is 24.7 Å². The van der Waals surface area contributed by atoms with Crippen molar-refractivity contribution in [1.82, 2.24) is 9.97 Å². The van der Waals surface area contributed by atoms with Crippen molar-refractivity contribution in [1.29, 1.82) is 0 Å². The Morgan fingerprint density at radius 1 is 1.50 bits per heavy atom. The Morgan fingerprint density at radius 3 is 2.88 bits per heavy atom. The molecule has 1 heterocycles. The molecule has 0 aromatic carbocycles. The highest BCUT2D eigenvalue weighted by atomic mass is 15.0. The van der Waals surface area contributed by atoms with Crippen LogP contribution < -0.4 is 11.1 Å². The second-order valence-corrected chi connectivity index (χ2v) is 4.70. The zero-order valence-corrected chi connectivity index (χ0v) is 10.0. The van der Waals surface area contributed by atoms with Crippen LogP contribution in [0.5, 0.6) is 0 Å². The molecular weight excluding hydrogens is 200 g/mol. The molecule has 0 aliphatic heterocycles. The van der Waals surface area contributed by atoms with E-state index in [1.165, 1.54) is 6.42 Å². The first-order chi connectivity index (χ1) is 7.69. The lowest BCUT2D eigenvalue weighted by Crippen LogP contribution is -2.09. The van der Waals surface area contributed by atoms with Gasteiger partial charge >= 0.3 is 0 Å². The topological polar surface area (TPSA) is 63.8 Å². The van der Waals surface area contributed by atoms with Crippen molar-refractivity contribution in [2.45, 2.75) is 33.1 Å². The van der Waals surface area contributed by atoms with Gasteiger partial charge in [-0.15, -0.1) is 0 Å². The zero-order valence-electron chi connectivity index (χ0n) is 10.0. The van der Waals surface area contributed by atoms with Gasteiger partial charge in [-0.1, -0.05) is 13.8 Å². The molecule has 1 aliphatic carbocycles. The van der Waals surface area contributed by atoms with Crippen LogP contribution in [0.1, 0.15) is 32.5 Å². The lowest BCUT2D eigenvalue weighted by molar-refractivity contribution is 0.779. The minimum atomic E-state index is 0.560. The summed E-state index contributed by atoms with van der Waals surface area (Å²) in [6, 6.07) is 1.81. The van der Waals surface area contributed by atoms with E-state index in [1.54, 1.807) is 0 Å². The molecule has 1 aromatic heterocycles. The molecule has 4 heteroatoms. The van der Waals surface area contributed by atoms with E-state index in [-0.39, 0.29) is 0 Å². The minimum Gasteiger partial charge on any atom is -0.384 e. The second-order valence-electron chi connectivity index (χ2n) is 4.70. The molecule has 2 rings (SSSR count). The van der Waals surface area contributed by atoms with Gasteiger partial charge in [0.05, 0.1) is 0 Å². The number of nitrogens with zero attached hydrogens (tertiary/aromatic N) is 2. The fraction of sp³-hybridized carbons (Fsp3) is 0.667. The van der Waals surface area contributed by atoms with Gasteiger partial charge < -0.3 is 11.1 Å². The molecule has 88 valence electrons. The van der Waals surface area contributed by atoms with Gasteiger partial charge in [0.1, 0.15) is 17.5 Å². The molecule has 0 spiro atoms. The van der Waals surface area contributed by atoms with Crippen LogP contribution in [0.3, 0.4) is 0 Å². The van der Waals surface area contributed by atoms with E-state index in [9.17, 15) is 0 Å². The van der Waals surface area contributed by atoms with Gasteiger partial charge in [-0.2, -0.15) is 0 Å². The van der Waals surface area contributed by atoms with E-state index in [4.69, 9.17) is 5.73 Å². The van der Waals surface area contributed by atoms with Gasteiger partial charge in [-0.25, -0.2) is 9.97 Å². The van der Waals surface area contributed by atoms with Crippen molar-refractivity contribution in [3.63, 3.8) is 0 Å². The number of rotatable bonds is 5. The molecule has 1 aromatic rings. The first-order valence-corrected chi connectivity index (χ1v) is 6.06. The molecule has 3 N–H and O–H groups in total. The van der Waals surface area contributed by atoms with Crippen LogP contribution in [0, 0.1) is 11.8 Å². The normalized spacial score (nSPS) is 23.1. The van der Waals surface area contributed by atoms with E-state index < -0.39 is 0 Å². The quantitative estimate of drug-likeness (QED) is 0.797. The molecule has 2 atom stereocenters. The van der Waals surface area contributed by atoms with Gasteiger partial charge in [0.25, 0.3) is 0 Å². The standard InChI is InChI=1S/C12H20N4/c1-3-4-11-15-10(13)6-12(16-11)14-7-9-5-8(9)2/h6,8-9H,3-5,7H2,1-2H3,(H3,13,14,15,16). The predicted molar refractivity (Wildman–Crippen MR) is 66.2 cm³/mol. The van der Waals surface area contributed by atoms with Crippen molar-refractivity contribution in [2.24, 2.45) is 11.8 Å². The van der Waals surface area contributed by atoms with E-state index in [2.05, 4.69) is 29.1 Å².